The van der Waals surface area contributed by atoms with E-state index in [1.54, 1.807) is 0 Å². The fourth-order valence-corrected chi connectivity index (χ4v) is 2.75. The number of hydrogen-bond acceptors (Lipinski definition) is 2. The van der Waals surface area contributed by atoms with Crippen LogP contribution in [0.25, 0.3) is 0 Å². The van der Waals surface area contributed by atoms with Gasteiger partial charge in [0.15, 0.2) is 0 Å². The van der Waals surface area contributed by atoms with Crippen LogP contribution in [0.4, 0.5) is 0 Å². The highest BCUT2D eigenvalue weighted by atomic mass is 14.9. The minimum Gasteiger partial charge on any atom is -0.316 e. The summed E-state index contributed by atoms with van der Waals surface area (Å²) in [5.74, 6) is 1.05. The van der Waals surface area contributed by atoms with Gasteiger partial charge in [-0.2, -0.15) is 0 Å². The third-order valence-electron chi connectivity index (χ3n) is 4.19. The molecule has 1 unspecified atom stereocenters. The van der Waals surface area contributed by atoms with Crippen molar-refractivity contribution in [1.29, 1.82) is 0 Å². The van der Waals surface area contributed by atoms with Crippen molar-refractivity contribution in [3.05, 3.63) is 0 Å². The third kappa shape index (κ3) is 3.46. The van der Waals surface area contributed by atoms with E-state index in [1.807, 2.05) is 0 Å². The molecular weight excluding hydrogens is 184 g/mol. The molecule has 1 saturated heterocycles. The number of rotatable bonds is 5. The largest absolute Gasteiger partial charge is 0.316 e. The van der Waals surface area contributed by atoms with Gasteiger partial charge in [0.2, 0.25) is 0 Å². The number of nitrogens with one attached hydrogen (secondary N) is 2. The van der Waals surface area contributed by atoms with Gasteiger partial charge in [-0.1, -0.05) is 26.2 Å². The summed E-state index contributed by atoms with van der Waals surface area (Å²) < 4.78 is 0. The normalized spacial score (nSPS) is 32.6. The van der Waals surface area contributed by atoms with Crippen molar-refractivity contribution in [3.63, 3.8) is 0 Å². The van der Waals surface area contributed by atoms with Crippen LogP contribution in [-0.2, 0) is 0 Å². The molecule has 2 aliphatic rings. The summed E-state index contributed by atoms with van der Waals surface area (Å²) in [6.45, 7) is 7.27. The molecule has 0 radical (unpaired) electrons. The molecule has 0 amide bonds. The summed E-state index contributed by atoms with van der Waals surface area (Å²) in [4.78, 5) is 0. The van der Waals surface area contributed by atoms with E-state index in [4.69, 9.17) is 0 Å². The molecule has 1 aliphatic carbocycles. The molecule has 2 fully saturated rings. The minimum atomic E-state index is 0.512. The third-order valence-corrected chi connectivity index (χ3v) is 4.19. The highest BCUT2D eigenvalue weighted by Crippen LogP contribution is 2.29. The second-order valence-electron chi connectivity index (χ2n) is 5.85. The second kappa shape index (κ2) is 5.31. The molecule has 0 aromatic heterocycles. The second-order valence-corrected chi connectivity index (χ2v) is 5.85. The fraction of sp³-hybridized carbons (Fsp3) is 1.00. The monoisotopic (exact) mass is 210 g/mol. The van der Waals surface area contributed by atoms with E-state index in [9.17, 15) is 0 Å². The zero-order chi connectivity index (χ0) is 10.6. The summed E-state index contributed by atoms with van der Waals surface area (Å²) in [7, 11) is 0. The van der Waals surface area contributed by atoms with E-state index in [0.29, 0.717) is 5.41 Å². The summed E-state index contributed by atoms with van der Waals surface area (Å²) in [6.07, 6.45) is 8.59. The van der Waals surface area contributed by atoms with Crippen LogP contribution < -0.4 is 10.6 Å². The van der Waals surface area contributed by atoms with Gasteiger partial charge in [0, 0.05) is 13.1 Å². The molecule has 0 aromatic carbocycles. The lowest BCUT2D eigenvalue weighted by molar-refractivity contribution is 0.220. The van der Waals surface area contributed by atoms with Crippen molar-refractivity contribution in [2.75, 3.05) is 26.2 Å². The molecule has 2 rings (SSSR count). The molecule has 2 nitrogen and oxygen atoms in total. The van der Waals surface area contributed by atoms with E-state index in [-0.39, 0.29) is 0 Å². The standard InChI is InChI=1S/C13H26N2/c1-13(7-3-8-14-10-13)11-15-9-6-12-4-2-5-12/h12,14-15H,2-11H2,1H3. The molecule has 0 spiro atoms. The molecule has 0 bridgehead atoms. The van der Waals surface area contributed by atoms with Crippen molar-refractivity contribution in [2.45, 2.75) is 45.4 Å². The number of hydrogen-bond donors (Lipinski definition) is 2. The van der Waals surface area contributed by atoms with Gasteiger partial charge in [-0.15, -0.1) is 0 Å². The van der Waals surface area contributed by atoms with E-state index in [1.165, 1.54) is 64.7 Å². The maximum Gasteiger partial charge on any atom is 0.00173 e. The van der Waals surface area contributed by atoms with E-state index in [2.05, 4.69) is 17.6 Å². The first kappa shape index (κ1) is 11.4. The van der Waals surface area contributed by atoms with Gasteiger partial charge in [-0.3, -0.25) is 0 Å². The molecule has 2 heteroatoms. The van der Waals surface area contributed by atoms with Crippen molar-refractivity contribution >= 4 is 0 Å². The van der Waals surface area contributed by atoms with Crippen molar-refractivity contribution in [1.82, 2.24) is 10.6 Å². The van der Waals surface area contributed by atoms with Crippen LogP contribution in [0.1, 0.15) is 45.4 Å². The molecule has 1 atom stereocenters. The molecule has 1 heterocycles. The van der Waals surface area contributed by atoms with Gasteiger partial charge in [-0.25, -0.2) is 0 Å². The Kier molecular flexibility index (Phi) is 4.04. The SMILES string of the molecule is CC1(CNCCC2CCC2)CCCNC1. The van der Waals surface area contributed by atoms with Gasteiger partial charge < -0.3 is 10.6 Å². The highest BCUT2D eigenvalue weighted by molar-refractivity contribution is 4.83. The molecular formula is C13H26N2. The Hall–Kier alpha value is -0.0800. The Morgan fingerprint density at radius 1 is 1.33 bits per heavy atom. The Morgan fingerprint density at radius 2 is 2.20 bits per heavy atom. The lowest BCUT2D eigenvalue weighted by atomic mass is 9.81. The van der Waals surface area contributed by atoms with Crippen LogP contribution >= 0.6 is 0 Å². The van der Waals surface area contributed by atoms with E-state index in [0.717, 1.165) is 5.92 Å². The maximum absolute atomic E-state index is 3.65. The minimum absolute atomic E-state index is 0.512. The van der Waals surface area contributed by atoms with Crippen LogP contribution in [-0.4, -0.2) is 26.2 Å². The van der Waals surface area contributed by atoms with Crippen molar-refractivity contribution in [2.24, 2.45) is 11.3 Å². The number of piperidine rings is 1. The lowest BCUT2D eigenvalue weighted by Gasteiger charge is -2.34. The molecule has 1 saturated carbocycles. The first-order chi connectivity index (χ1) is 7.29. The van der Waals surface area contributed by atoms with Gasteiger partial charge in [0.25, 0.3) is 0 Å². The zero-order valence-corrected chi connectivity index (χ0v) is 10.1. The van der Waals surface area contributed by atoms with Gasteiger partial charge in [0.05, 0.1) is 0 Å². The van der Waals surface area contributed by atoms with Crippen LogP contribution in [0.15, 0.2) is 0 Å². The molecule has 2 N–H and O–H groups in total. The Morgan fingerprint density at radius 3 is 2.80 bits per heavy atom. The predicted octanol–water partition coefficient (Wildman–Crippen LogP) is 2.16. The molecule has 15 heavy (non-hydrogen) atoms. The van der Waals surface area contributed by atoms with Gasteiger partial charge >= 0.3 is 0 Å². The van der Waals surface area contributed by atoms with E-state index >= 15 is 0 Å². The van der Waals surface area contributed by atoms with Crippen LogP contribution in [0, 0.1) is 11.3 Å². The average molecular weight is 210 g/mol. The lowest BCUT2D eigenvalue weighted by Crippen LogP contribution is -2.44. The average Bonchev–Trinajstić information content (AvgIpc) is 2.16. The van der Waals surface area contributed by atoms with Crippen LogP contribution in [0.3, 0.4) is 0 Å². The Balaban J connectivity index is 1.55. The summed E-state index contributed by atoms with van der Waals surface area (Å²) >= 11 is 0. The van der Waals surface area contributed by atoms with Crippen LogP contribution in [0.2, 0.25) is 0 Å². The quantitative estimate of drug-likeness (QED) is 0.680. The summed E-state index contributed by atoms with van der Waals surface area (Å²) in [5, 5.41) is 7.16. The summed E-state index contributed by atoms with van der Waals surface area (Å²) in [5.41, 5.74) is 0.512. The predicted molar refractivity (Wildman–Crippen MR) is 65.0 cm³/mol. The summed E-state index contributed by atoms with van der Waals surface area (Å²) in [6, 6.07) is 0. The van der Waals surface area contributed by atoms with E-state index < -0.39 is 0 Å². The van der Waals surface area contributed by atoms with Crippen molar-refractivity contribution in [3.8, 4) is 0 Å². The van der Waals surface area contributed by atoms with Crippen LogP contribution in [0.5, 0.6) is 0 Å². The topological polar surface area (TPSA) is 24.1 Å². The van der Waals surface area contributed by atoms with Gasteiger partial charge in [-0.05, 0) is 43.7 Å². The highest BCUT2D eigenvalue weighted by Gasteiger charge is 2.26. The molecule has 1 aliphatic heterocycles. The van der Waals surface area contributed by atoms with Crippen molar-refractivity contribution < 1.29 is 0 Å². The first-order valence-electron chi connectivity index (χ1n) is 6.70. The molecule has 88 valence electrons. The van der Waals surface area contributed by atoms with Gasteiger partial charge in [0.1, 0.15) is 0 Å². The Bertz CT molecular complexity index is 181. The smallest absolute Gasteiger partial charge is 0.00173 e. The fourth-order valence-electron chi connectivity index (χ4n) is 2.75. The Labute approximate surface area is 94.2 Å². The maximum atomic E-state index is 3.65. The molecule has 0 aromatic rings. The zero-order valence-electron chi connectivity index (χ0n) is 10.1. The first-order valence-corrected chi connectivity index (χ1v) is 6.70.